The van der Waals surface area contributed by atoms with Crippen molar-refractivity contribution in [3.8, 4) is 22.5 Å². The van der Waals surface area contributed by atoms with Crippen LogP contribution in [-0.4, -0.2) is 129 Å². The van der Waals surface area contributed by atoms with Crippen LogP contribution in [0.1, 0.15) is 38.5 Å². The van der Waals surface area contributed by atoms with Gasteiger partial charge in [0.15, 0.2) is 22.9 Å². The first-order chi connectivity index (χ1) is 30.0. The normalized spacial score (nSPS) is 15.6. The lowest BCUT2D eigenvalue weighted by atomic mass is 10.1. The third-order valence-electron chi connectivity index (χ3n) is 11.1. The van der Waals surface area contributed by atoms with Crippen LogP contribution in [0.5, 0.6) is 0 Å². The van der Waals surface area contributed by atoms with Crippen LogP contribution in [0.25, 0.3) is 33.8 Å². The molecule has 2 aliphatic heterocycles. The summed E-state index contributed by atoms with van der Waals surface area (Å²) in [6, 6.07) is 15.7. The van der Waals surface area contributed by atoms with Crippen molar-refractivity contribution >= 4 is 46.4 Å². The standard InChI is InChI=1S/C23H29N7O2.C21H27N7O/c31-23(25-8-1-10-29-12-14-32-15-13-29)28-19-4-2-17(3-5-19)20-16-26-22-21(27-18-6-7-18)24-9-11-30(20)22;1-22-19-20-25-15-18(28(20)14-10-23-19)16-5-7-17(8-6-16)26-21(29)24-9-4-13-27-11-2-3-12-27/h2-5,9,11,16,18H,1,6-8,10,12-15H2,(H,24,27)(H2,25,28,31);5-8,10,14-15H,2-4,9,11-13H2,1H3,(H,22,23)(H2,24,26,29). The number of hydrogen-bond donors (Lipinski definition) is 6. The molecule has 6 heterocycles. The zero-order chi connectivity index (χ0) is 41.8. The quantitative estimate of drug-likeness (QED) is 0.0683. The fourth-order valence-electron chi connectivity index (χ4n) is 7.60. The van der Waals surface area contributed by atoms with Crippen LogP contribution in [0.3, 0.4) is 0 Å². The molecule has 17 heteroatoms. The van der Waals surface area contributed by atoms with E-state index in [-0.39, 0.29) is 12.1 Å². The van der Waals surface area contributed by atoms with Crippen LogP contribution in [0, 0.1) is 0 Å². The van der Waals surface area contributed by atoms with E-state index in [2.05, 4.69) is 61.6 Å². The summed E-state index contributed by atoms with van der Waals surface area (Å²) in [5.41, 5.74) is 7.12. The number of carbonyl (C=O) groups is 2. The van der Waals surface area contributed by atoms with Gasteiger partial charge in [-0.2, -0.15) is 0 Å². The molecule has 6 aromatic rings. The van der Waals surface area contributed by atoms with E-state index in [1.165, 1.54) is 38.8 Å². The zero-order valence-corrected chi connectivity index (χ0v) is 34.8. The number of hydrogen-bond acceptors (Lipinski definition) is 11. The fraction of sp³-hybridized carbons (Fsp3) is 0.409. The molecule has 0 bridgehead atoms. The largest absolute Gasteiger partial charge is 0.379 e. The second kappa shape index (κ2) is 20.3. The van der Waals surface area contributed by atoms with Gasteiger partial charge in [0.1, 0.15) is 0 Å². The first-order valence-corrected chi connectivity index (χ1v) is 21.4. The Morgan fingerprint density at radius 3 is 1.66 bits per heavy atom. The van der Waals surface area contributed by atoms with E-state index in [1.54, 1.807) is 12.4 Å². The summed E-state index contributed by atoms with van der Waals surface area (Å²) in [7, 11) is 1.83. The molecule has 1 saturated carbocycles. The highest BCUT2D eigenvalue weighted by molar-refractivity contribution is 5.90. The minimum absolute atomic E-state index is 0.168. The lowest BCUT2D eigenvalue weighted by Crippen LogP contribution is -2.38. The van der Waals surface area contributed by atoms with Gasteiger partial charge in [-0.05, 0) is 89.0 Å². The Balaban J connectivity index is 0.000000169. The van der Waals surface area contributed by atoms with Gasteiger partial charge in [0.2, 0.25) is 0 Å². The number of urea groups is 2. The van der Waals surface area contributed by atoms with Crippen LogP contribution in [0.4, 0.5) is 32.6 Å². The van der Waals surface area contributed by atoms with E-state index in [4.69, 9.17) is 4.74 Å². The smallest absolute Gasteiger partial charge is 0.319 e. The van der Waals surface area contributed by atoms with E-state index in [0.29, 0.717) is 19.1 Å². The molecule has 0 spiro atoms. The van der Waals surface area contributed by atoms with Gasteiger partial charge in [0, 0.05) is 86.6 Å². The number of anilines is 4. The third-order valence-corrected chi connectivity index (χ3v) is 11.1. The van der Waals surface area contributed by atoms with Gasteiger partial charge in [-0.25, -0.2) is 29.5 Å². The lowest BCUT2D eigenvalue weighted by Gasteiger charge is -2.26. The number of amides is 4. The predicted octanol–water partition coefficient (Wildman–Crippen LogP) is 5.86. The highest BCUT2D eigenvalue weighted by Gasteiger charge is 2.23. The van der Waals surface area contributed by atoms with Crippen LogP contribution in [0.2, 0.25) is 0 Å². The van der Waals surface area contributed by atoms with Gasteiger partial charge in [-0.3, -0.25) is 13.7 Å². The minimum atomic E-state index is -0.184. The number of aromatic nitrogens is 6. The number of likely N-dealkylation sites (tertiary alicyclic amines) is 1. The maximum atomic E-state index is 12.2. The van der Waals surface area contributed by atoms with Crippen molar-refractivity contribution in [2.45, 2.75) is 44.6 Å². The summed E-state index contributed by atoms with van der Waals surface area (Å²) in [5.74, 6) is 1.56. The Hall–Kier alpha value is -6.30. The average molecular weight is 829 g/mol. The number of morpholine rings is 1. The van der Waals surface area contributed by atoms with Crippen LogP contribution >= 0.6 is 0 Å². The van der Waals surface area contributed by atoms with E-state index in [1.807, 2.05) is 89.2 Å². The first kappa shape index (κ1) is 41.4. The molecule has 6 N–H and O–H groups in total. The molecule has 4 amide bonds. The molecule has 3 fully saturated rings. The van der Waals surface area contributed by atoms with E-state index < -0.39 is 0 Å². The molecule has 0 unspecified atom stereocenters. The molecule has 4 aromatic heterocycles. The predicted molar refractivity (Wildman–Crippen MR) is 239 cm³/mol. The van der Waals surface area contributed by atoms with E-state index >= 15 is 0 Å². The number of imidazole rings is 2. The number of rotatable bonds is 15. The second-order valence-corrected chi connectivity index (χ2v) is 15.5. The lowest BCUT2D eigenvalue weighted by molar-refractivity contribution is 0.0375. The Labute approximate surface area is 355 Å². The van der Waals surface area contributed by atoms with Crippen LogP contribution < -0.4 is 31.9 Å². The molecule has 17 nitrogen and oxygen atoms in total. The summed E-state index contributed by atoms with van der Waals surface area (Å²) in [6.07, 6.45) is 17.9. The monoisotopic (exact) mass is 828 g/mol. The molecule has 61 heavy (non-hydrogen) atoms. The minimum Gasteiger partial charge on any atom is -0.379 e. The number of carbonyl (C=O) groups excluding carboxylic acids is 2. The molecule has 0 atom stereocenters. The van der Waals surface area contributed by atoms with Crippen molar-refractivity contribution in [1.29, 1.82) is 0 Å². The van der Waals surface area contributed by atoms with Gasteiger partial charge in [-0.15, -0.1) is 0 Å². The van der Waals surface area contributed by atoms with Gasteiger partial charge >= 0.3 is 12.1 Å². The second-order valence-electron chi connectivity index (χ2n) is 15.5. The van der Waals surface area contributed by atoms with Gasteiger partial charge in [-0.1, -0.05) is 24.3 Å². The fourth-order valence-corrected chi connectivity index (χ4v) is 7.60. The average Bonchev–Trinajstić information content (AvgIpc) is 3.61. The van der Waals surface area contributed by atoms with Crippen molar-refractivity contribution in [1.82, 2.24) is 49.2 Å². The Kier molecular flexibility index (Phi) is 13.8. The summed E-state index contributed by atoms with van der Waals surface area (Å²) in [5, 5.41) is 18.1. The number of benzene rings is 2. The van der Waals surface area contributed by atoms with E-state index in [0.717, 1.165) is 109 Å². The SMILES string of the molecule is CNc1nccn2c(-c3ccc(NC(=O)NCCCN4CCCC4)cc3)cnc12.O=C(NCCCN1CCOCC1)Nc1ccc(-c2cnc3c(NC4CC4)nccn23)cc1. The molecular formula is C44H56N14O3. The van der Waals surface area contributed by atoms with Crippen LogP contribution in [0.15, 0.2) is 85.7 Å². The Morgan fingerprint density at radius 2 is 1.15 bits per heavy atom. The summed E-state index contributed by atoms with van der Waals surface area (Å²) in [6.45, 7) is 9.29. The highest BCUT2D eigenvalue weighted by Crippen LogP contribution is 2.29. The Bertz CT molecular complexity index is 2350. The maximum Gasteiger partial charge on any atom is 0.319 e. The van der Waals surface area contributed by atoms with Crippen molar-refractivity contribution in [2.75, 3.05) is 93.9 Å². The third kappa shape index (κ3) is 11.1. The number of ether oxygens (including phenoxy) is 1. The maximum absolute atomic E-state index is 12.2. The Morgan fingerprint density at radius 1 is 0.656 bits per heavy atom. The first-order valence-electron chi connectivity index (χ1n) is 21.4. The molecule has 9 rings (SSSR count). The molecule has 2 saturated heterocycles. The van der Waals surface area contributed by atoms with Crippen LogP contribution in [-0.2, 0) is 4.74 Å². The van der Waals surface area contributed by atoms with E-state index in [9.17, 15) is 9.59 Å². The molecule has 0 radical (unpaired) electrons. The summed E-state index contributed by atoms with van der Waals surface area (Å²) >= 11 is 0. The highest BCUT2D eigenvalue weighted by atomic mass is 16.5. The number of nitrogens with zero attached hydrogens (tertiary/aromatic N) is 8. The molecule has 3 aliphatic rings. The van der Waals surface area contributed by atoms with Crippen molar-refractivity contribution in [2.24, 2.45) is 0 Å². The summed E-state index contributed by atoms with van der Waals surface area (Å²) in [4.78, 5) is 46.9. The topological polar surface area (TPSA) is 182 Å². The number of fused-ring (bicyclic) bond motifs is 2. The summed E-state index contributed by atoms with van der Waals surface area (Å²) < 4.78 is 9.39. The van der Waals surface area contributed by atoms with Gasteiger partial charge in [0.25, 0.3) is 0 Å². The molecular weight excluding hydrogens is 773 g/mol. The van der Waals surface area contributed by atoms with Gasteiger partial charge < -0.3 is 41.5 Å². The number of nitrogens with one attached hydrogen (secondary N) is 6. The van der Waals surface area contributed by atoms with Crippen molar-refractivity contribution < 1.29 is 14.3 Å². The zero-order valence-electron chi connectivity index (χ0n) is 34.8. The molecule has 320 valence electrons. The molecule has 1 aliphatic carbocycles. The van der Waals surface area contributed by atoms with Gasteiger partial charge in [0.05, 0.1) is 37.0 Å². The van der Waals surface area contributed by atoms with Crippen molar-refractivity contribution in [3.63, 3.8) is 0 Å². The van der Waals surface area contributed by atoms with Crippen molar-refractivity contribution in [3.05, 3.63) is 85.7 Å². The molecule has 2 aromatic carbocycles.